The van der Waals surface area contributed by atoms with E-state index in [1.165, 1.54) is 12.8 Å². The number of sulfonamides is 1. The van der Waals surface area contributed by atoms with Crippen molar-refractivity contribution in [3.05, 3.63) is 18.0 Å². The smallest absolute Gasteiger partial charge is 0.244 e. The van der Waals surface area contributed by atoms with Crippen molar-refractivity contribution in [3.63, 3.8) is 0 Å². The minimum Gasteiger partial charge on any atom is -0.352 e. The molecule has 0 amide bonds. The average Bonchev–Trinajstić information content (AvgIpc) is 3.33. The highest BCUT2D eigenvalue weighted by Crippen LogP contribution is 2.32. The lowest BCUT2D eigenvalue weighted by molar-refractivity contribution is 0.403. The molecule has 21 heavy (non-hydrogen) atoms. The molecule has 0 aliphatic heterocycles. The zero-order chi connectivity index (χ0) is 15.0. The number of hydrogen-bond donors (Lipinski definition) is 1. The summed E-state index contributed by atoms with van der Waals surface area (Å²) >= 11 is 0. The molecular formula is C15H25N3O2S. The van der Waals surface area contributed by atoms with E-state index >= 15 is 0 Å². The summed E-state index contributed by atoms with van der Waals surface area (Å²) in [6, 6.07) is 2.68. The van der Waals surface area contributed by atoms with Crippen LogP contribution in [0.4, 0.5) is 0 Å². The monoisotopic (exact) mass is 311 g/mol. The van der Waals surface area contributed by atoms with Gasteiger partial charge < -0.3 is 9.88 Å². The first kappa shape index (κ1) is 15.1. The molecule has 1 N–H and O–H groups in total. The zero-order valence-electron chi connectivity index (χ0n) is 12.9. The summed E-state index contributed by atoms with van der Waals surface area (Å²) in [5, 5.41) is 3.44. The van der Waals surface area contributed by atoms with Crippen molar-refractivity contribution in [2.75, 3.05) is 6.54 Å². The van der Waals surface area contributed by atoms with Gasteiger partial charge in [-0.05, 0) is 38.2 Å². The van der Waals surface area contributed by atoms with Crippen molar-refractivity contribution in [3.8, 4) is 0 Å². The third-order valence-corrected chi connectivity index (χ3v) is 6.15. The van der Waals surface area contributed by atoms with Crippen LogP contribution in [0.3, 0.4) is 0 Å². The lowest BCUT2D eigenvalue weighted by atomic mass is 10.4. The van der Waals surface area contributed by atoms with E-state index < -0.39 is 10.0 Å². The normalized spacial score (nSPS) is 19.4. The molecule has 2 fully saturated rings. The van der Waals surface area contributed by atoms with Gasteiger partial charge in [-0.2, -0.15) is 4.31 Å². The van der Waals surface area contributed by atoms with Crippen LogP contribution in [0.15, 0.2) is 17.2 Å². The number of hydrogen-bond acceptors (Lipinski definition) is 3. The predicted octanol–water partition coefficient (Wildman–Crippen LogP) is 1.84. The maximum absolute atomic E-state index is 12.8. The highest BCUT2D eigenvalue weighted by atomic mass is 32.2. The van der Waals surface area contributed by atoms with E-state index in [0.29, 0.717) is 17.5 Å². The highest BCUT2D eigenvalue weighted by molar-refractivity contribution is 7.89. The SMILES string of the molecule is CCCN(C1CC1)S(=O)(=O)c1cc(CNC2CC2)n(C)c1. The molecule has 0 aromatic carbocycles. The van der Waals surface area contributed by atoms with E-state index in [1.54, 1.807) is 10.5 Å². The van der Waals surface area contributed by atoms with Gasteiger partial charge in [0.15, 0.2) is 0 Å². The van der Waals surface area contributed by atoms with Crippen molar-refractivity contribution in [2.24, 2.45) is 7.05 Å². The fourth-order valence-corrected chi connectivity index (χ4v) is 4.52. The zero-order valence-corrected chi connectivity index (χ0v) is 13.7. The van der Waals surface area contributed by atoms with Crippen LogP contribution in [-0.2, 0) is 23.6 Å². The topological polar surface area (TPSA) is 54.3 Å². The molecule has 0 atom stereocenters. The van der Waals surface area contributed by atoms with Crippen molar-refractivity contribution >= 4 is 10.0 Å². The standard InChI is InChI=1S/C15H25N3O2S/c1-3-8-18(13-6-7-13)21(19,20)15-9-14(17(2)11-15)10-16-12-4-5-12/h9,11-13,16H,3-8,10H2,1-2H3. The summed E-state index contributed by atoms with van der Waals surface area (Å²) in [7, 11) is -1.42. The molecule has 5 nitrogen and oxygen atoms in total. The minimum absolute atomic E-state index is 0.225. The Kier molecular flexibility index (Phi) is 4.12. The van der Waals surface area contributed by atoms with Crippen LogP contribution < -0.4 is 5.32 Å². The minimum atomic E-state index is -3.34. The first-order chi connectivity index (χ1) is 10.0. The third-order valence-electron chi connectivity index (χ3n) is 4.24. The maximum atomic E-state index is 12.8. The summed E-state index contributed by atoms with van der Waals surface area (Å²) in [5.74, 6) is 0. The number of nitrogens with one attached hydrogen (secondary N) is 1. The van der Waals surface area contributed by atoms with Crippen LogP contribution in [-0.4, -0.2) is 35.9 Å². The van der Waals surface area contributed by atoms with Crippen molar-refractivity contribution in [1.82, 2.24) is 14.2 Å². The van der Waals surface area contributed by atoms with Crippen LogP contribution in [0.1, 0.15) is 44.7 Å². The molecule has 118 valence electrons. The summed E-state index contributed by atoms with van der Waals surface area (Å²) in [4.78, 5) is 0.443. The Labute approximate surface area is 127 Å². The Morgan fingerprint density at radius 3 is 2.62 bits per heavy atom. The molecular weight excluding hydrogens is 286 g/mol. The molecule has 0 saturated heterocycles. The van der Waals surface area contributed by atoms with Gasteiger partial charge in [0.2, 0.25) is 10.0 Å². The lowest BCUT2D eigenvalue weighted by Crippen LogP contribution is -2.33. The van der Waals surface area contributed by atoms with Crippen molar-refractivity contribution in [1.29, 1.82) is 0 Å². The second kappa shape index (κ2) is 5.74. The van der Waals surface area contributed by atoms with E-state index in [1.807, 2.05) is 24.6 Å². The van der Waals surface area contributed by atoms with E-state index in [9.17, 15) is 8.42 Å². The van der Waals surface area contributed by atoms with Crippen LogP contribution in [0.2, 0.25) is 0 Å². The lowest BCUT2D eigenvalue weighted by Gasteiger charge is -2.20. The Morgan fingerprint density at radius 2 is 2.05 bits per heavy atom. The molecule has 1 aromatic rings. The summed E-state index contributed by atoms with van der Waals surface area (Å²) in [6.45, 7) is 3.40. The number of nitrogens with zero attached hydrogens (tertiary/aromatic N) is 2. The number of rotatable bonds is 8. The number of aromatic nitrogens is 1. The molecule has 1 heterocycles. The number of aryl methyl sites for hydroxylation is 1. The van der Waals surface area contributed by atoms with Gasteiger partial charge in [0.05, 0.1) is 0 Å². The van der Waals surface area contributed by atoms with Gasteiger partial charge in [0.1, 0.15) is 4.90 Å². The molecule has 1 aromatic heterocycles. The second-order valence-corrected chi connectivity index (χ2v) is 8.17. The fraction of sp³-hybridized carbons (Fsp3) is 0.733. The van der Waals surface area contributed by atoms with Gasteiger partial charge >= 0.3 is 0 Å². The molecule has 3 rings (SSSR count). The molecule has 2 saturated carbocycles. The van der Waals surface area contributed by atoms with E-state index in [4.69, 9.17) is 0 Å². The predicted molar refractivity (Wildman–Crippen MR) is 82.5 cm³/mol. The first-order valence-electron chi connectivity index (χ1n) is 7.93. The Balaban J connectivity index is 1.78. The Hall–Kier alpha value is -0.850. The van der Waals surface area contributed by atoms with Crippen LogP contribution >= 0.6 is 0 Å². The summed E-state index contributed by atoms with van der Waals surface area (Å²) in [5.41, 5.74) is 1.03. The first-order valence-corrected chi connectivity index (χ1v) is 9.37. The maximum Gasteiger partial charge on any atom is 0.244 e. The second-order valence-electron chi connectivity index (χ2n) is 6.28. The Bertz CT molecular complexity index is 600. The largest absolute Gasteiger partial charge is 0.352 e. The van der Waals surface area contributed by atoms with E-state index in [-0.39, 0.29) is 6.04 Å². The van der Waals surface area contributed by atoms with E-state index in [0.717, 1.165) is 31.5 Å². The molecule has 2 aliphatic rings. The van der Waals surface area contributed by atoms with Gasteiger partial charge in [0.25, 0.3) is 0 Å². The van der Waals surface area contributed by atoms with Crippen LogP contribution in [0, 0.1) is 0 Å². The van der Waals surface area contributed by atoms with Crippen molar-refractivity contribution < 1.29 is 8.42 Å². The highest BCUT2D eigenvalue weighted by Gasteiger charge is 2.38. The fourth-order valence-electron chi connectivity index (χ4n) is 2.65. The summed E-state index contributed by atoms with van der Waals surface area (Å²) in [6.07, 6.45) is 7.09. The van der Waals surface area contributed by atoms with Gasteiger partial charge in [-0.25, -0.2) is 8.42 Å². The van der Waals surface area contributed by atoms with Gasteiger partial charge in [0, 0.05) is 44.1 Å². The molecule has 0 spiro atoms. The van der Waals surface area contributed by atoms with Crippen molar-refractivity contribution in [2.45, 2.75) is 62.6 Å². The Morgan fingerprint density at radius 1 is 1.33 bits per heavy atom. The third kappa shape index (κ3) is 3.33. The van der Waals surface area contributed by atoms with Gasteiger partial charge in [-0.15, -0.1) is 0 Å². The quantitative estimate of drug-likeness (QED) is 0.797. The average molecular weight is 311 g/mol. The molecule has 0 radical (unpaired) electrons. The summed E-state index contributed by atoms with van der Waals surface area (Å²) < 4.78 is 29.2. The van der Waals surface area contributed by atoms with E-state index in [2.05, 4.69) is 5.32 Å². The van der Waals surface area contributed by atoms with Gasteiger partial charge in [-0.1, -0.05) is 6.92 Å². The molecule has 2 aliphatic carbocycles. The van der Waals surface area contributed by atoms with Gasteiger partial charge in [-0.3, -0.25) is 0 Å². The molecule has 0 unspecified atom stereocenters. The molecule has 6 heteroatoms. The van der Waals surface area contributed by atoms with Crippen LogP contribution in [0.5, 0.6) is 0 Å². The van der Waals surface area contributed by atoms with Crippen LogP contribution in [0.25, 0.3) is 0 Å². The molecule has 0 bridgehead atoms.